The Morgan fingerprint density at radius 2 is 1.80 bits per heavy atom. The molecule has 0 bridgehead atoms. The fourth-order valence-electron chi connectivity index (χ4n) is 2.48. The van der Waals surface area contributed by atoms with E-state index in [9.17, 15) is 27.2 Å². The lowest BCUT2D eigenvalue weighted by Crippen LogP contribution is -2.28. The summed E-state index contributed by atoms with van der Waals surface area (Å²) in [7, 11) is 0. The molecule has 1 heterocycles. The maximum absolute atomic E-state index is 13.1. The lowest BCUT2D eigenvalue weighted by atomic mass is 10.2. The van der Waals surface area contributed by atoms with Gasteiger partial charge in [-0.25, -0.2) is 4.39 Å². The monoisotopic (exact) mass is 421 g/mol. The molecule has 0 aliphatic rings. The summed E-state index contributed by atoms with van der Waals surface area (Å²) in [5, 5.41) is 6.55. The van der Waals surface area contributed by atoms with Gasteiger partial charge in [-0.1, -0.05) is 12.1 Å². The van der Waals surface area contributed by atoms with Crippen LogP contribution in [0.1, 0.15) is 16.1 Å². The standard InChI is InChI=1S/C20H15F4N3O3/c21-14-4-6-15(7-5-14)27-18(28)9-8-17(26-27)19(29)25-11-13-2-1-3-16(10-13)30-12-20(22,23)24/h1-10H,11-12H2,(H,25,29). The first-order valence-corrected chi connectivity index (χ1v) is 8.64. The van der Waals surface area contributed by atoms with Crippen LogP contribution in [0.3, 0.4) is 0 Å². The maximum atomic E-state index is 13.1. The molecule has 10 heteroatoms. The van der Waals surface area contributed by atoms with Gasteiger partial charge in [-0.3, -0.25) is 9.59 Å². The minimum Gasteiger partial charge on any atom is -0.484 e. The molecule has 0 aliphatic heterocycles. The Labute approximate surface area is 167 Å². The molecule has 156 valence electrons. The first-order valence-electron chi connectivity index (χ1n) is 8.64. The second-order valence-electron chi connectivity index (χ2n) is 6.18. The lowest BCUT2D eigenvalue weighted by Gasteiger charge is -2.11. The second-order valence-corrected chi connectivity index (χ2v) is 6.18. The largest absolute Gasteiger partial charge is 0.484 e. The Hall–Kier alpha value is -3.69. The number of carbonyl (C=O) groups is 1. The van der Waals surface area contributed by atoms with Crippen LogP contribution < -0.4 is 15.6 Å². The SMILES string of the molecule is O=C(NCc1cccc(OCC(F)(F)F)c1)c1ccc(=O)n(-c2ccc(F)cc2)n1. The van der Waals surface area contributed by atoms with E-state index in [1.165, 1.54) is 36.4 Å². The van der Waals surface area contributed by atoms with Crippen molar-refractivity contribution in [2.45, 2.75) is 12.7 Å². The lowest BCUT2D eigenvalue weighted by molar-refractivity contribution is -0.153. The quantitative estimate of drug-likeness (QED) is 0.621. The minimum atomic E-state index is -4.45. The Morgan fingerprint density at radius 1 is 1.07 bits per heavy atom. The number of hydrogen-bond donors (Lipinski definition) is 1. The highest BCUT2D eigenvalue weighted by Crippen LogP contribution is 2.19. The number of benzene rings is 2. The average Bonchev–Trinajstić information content (AvgIpc) is 2.71. The molecular formula is C20H15F4N3O3. The fourth-order valence-corrected chi connectivity index (χ4v) is 2.48. The van der Waals surface area contributed by atoms with Crippen LogP contribution in [0.25, 0.3) is 5.69 Å². The van der Waals surface area contributed by atoms with Crippen LogP contribution in [-0.2, 0) is 6.54 Å². The maximum Gasteiger partial charge on any atom is 0.422 e. The number of nitrogens with zero attached hydrogens (tertiary/aromatic N) is 2. The van der Waals surface area contributed by atoms with Gasteiger partial charge in [0.1, 0.15) is 17.3 Å². The van der Waals surface area contributed by atoms with Crippen molar-refractivity contribution in [2.24, 2.45) is 0 Å². The molecule has 1 amide bonds. The first kappa shape index (κ1) is 21.0. The highest BCUT2D eigenvalue weighted by atomic mass is 19.4. The van der Waals surface area contributed by atoms with E-state index in [1.807, 2.05) is 0 Å². The Bertz CT molecular complexity index is 1100. The number of alkyl halides is 3. The van der Waals surface area contributed by atoms with E-state index in [1.54, 1.807) is 6.07 Å². The zero-order valence-corrected chi connectivity index (χ0v) is 15.3. The zero-order chi connectivity index (χ0) is 21.7. The van der Waals surface area contributed by atoms with Crippen molar-refractivity contribution >= 4 is 5.91 Å². The molecule has 0 radical (unpaired) electrons. The number of halogens is 4. The summed E-state index contributed by atoms with van der Waals surface area (Å²) in [4.78, 5) is 24.4. The average molecular weight is 421 g/mol. The van der Waals surface area contributed by atoms with Crippen molar-refractivity contribution < 1.29 is 27.1 Å². The van der Waals surface area contributed by atoms with Crippen LogP contribution in [0.5, 0.6) is 5.75 Å². The molecule has 0 saturated carbocycles. The normalized spacial score (nSPS) is 11.2. The summed E-state index contributed by atoms with van der Waals surface area (Å²) >= 11 is 0. The highest BCUT2D eigenvalue weighted by Gasteiger charge is 2.28. The van der Waals surface area contributed by atoms with Gasteiger partial charge in [0.2, 0.25) is 0 Å². The topological polar surface area (TPSA) is 73.2 Å². The van der Waals surface area contributed by atoms with Crippen molar-refractivity contribution in [2.75, 3.05) is 6.61 Å². The molecule has 0 unspecified atom stereocenters. The predicted octanol–water partition coefficient (Wildman–Crippen LogP) is 3.24. The molecule has 3 rings (SSSR count). The van der Waals surface area contributed by atoms with Gasteiger partial charge in [0.25, 0.3) is 11.5 Å². The molecule has 2 aromatic carbocycles. The molecule has 30 heavy (non-hydrogen) atoms. The minimum absolute atomic E-state index is 0.000589. The molecule has 0 aliphatic carbocycles. The van der Waals surface area contributed by atoms with E-state index in [4.69, 9.17) is 0 Å². The predicted molar refractivity (Wildman–Crippen MR) is 99.0 cm³/mol. The summed E-state index contributed by atoms with van der Waals surface area (Å²) in [5.41, 5.74) is 0.219. The molecule has 0 spiro atoms. The van der Waals surface area contributed by atoms with Crippen LogP contribution in [-0.4, -0.2) is 28.5 Å². The Morgan fingerprint density at radius 3 is 2.50 bits per heavy atom. The molecule has 0 fully saturated rings. The Kier molecular flexibility index (Phi) is 6.14. The highest BCUT2D eigenvalue weighted by molar-refractivity contribution is 5.92. The van der Waals surface area contributed by atoms with Crippen LogP contribution in [0.4, 0.5) is 17.6 Å². The van der Waals surface area contributed by atoms with Gasteiger partial charge in [0.15, 0.2) is 6.61 Å². The van der Waals surface area contributed by atoms with E-state index >= 15 is 0 Å². The van der Waals surface area contributed by atoms with Gasteiger partial charge in [0, 0.05) is 12.6 Å². The molecule has 0 saturated heterocycles. The van der Waals surface area contributed by atoms with E-state index in [-0.39, 0.29) is 23.7 Å². The van der Waals surface area contributed by atoms with E-state index in [2.05, 4.69) is 15.2 Å². The second kappa shape index (κ2) is 8.76. The van der Waals surface area contributed by atoms with Crippen LogP contribution in [0.2, 0.25) is 0 Å². The molecular weight excluding hydrogens is 406 g/mol. The number of hydrogen-bond acceptors (Lipinski definition) is 4. The van der Waals surface area contributed by atoms with E-state index in [0.717, 1.165) is 22.9 Å². The summed E-state index contributed by atoms with van der Waals surface area (Å²) in [6.45, 7) is -1.42. The van der Waals surface area contributed by atoms with Crippen molar-refractivity contribution in [3.8, 4) is 11.4 Å². The van der Waals surface area contributed by atoms with Gasteiger partial charge >= 0.3 is 6.18 Å². The molecule has 6 nitrogen and oxygen atoms in total. The summed E-state index contributed by atoms with van der Waals surface area (Å²) in [5.74, 6) is -1.07. The van der Waals surface area contributed by atoms with E-state index < -0.39 is 30.1 Å². The molecule has 1 N–H and O–H groups in total. The third kappa shape index (κ3) is 5.66. The van der Waals surface area contributed by atoms with Gasteiger partial charge in [-0.05, 0) is 48.0 Å². The van der Waals surface area contributed by atoms with E-state index in [0.29, 0.717) is 5.56 Å². The van der Waals surface area contributed by atoms with Gasteiger partial charge in [-0.2, -0.15) is 23.0 Å². The number of aromatic nitrogens is 2. The van der Waals surface area contributed by atoms with Crippen LogP contribution in [0, 0.1) is 5.82 Å². The van der Waals surface area contributed by atoms with Crippen molar-refractivity contribution in [3.05, 3.63) is 88.1 Å². The molecule has 0 atom stereocenters. The van der Waals surface area contributed by atoms with Crippen LogP contribution >= 0.6 is 0 Å². The van der Waals surface area contributed by atoms with Crippen molar-refractivity contribution in [1.82, 2.24) is 15.1 Å². The molecule has 1 aromatic heterocycles. The number of carbonyl (C=O) groups excluding carboxylic acids is 1. The van der Waals surface area contributed by atoms with Gasteiger partial charge < -0.3 is 10.1 Å². The fraction of sp³-hybridized carbons (Fsp3) is 0.150. The summed E-state index contributed by atoms with van der Waals surface area (Å²) < 4.78 is 55.5. The third-order valence-electron chi connectivity index (χ3n) is 3.86. The number of rotatable bonds is 6. The van der Waals surface area contributed by atoms with Crippen molar-refractivity contribution in [1.29, 1.82) is 0 Å². The summed E-state index contributed by atoms with van der Waals surface area (Å²) in [6, 6.07) is 13.2. The third-order valence-corrected chi connectivity index (χ3v) is 3.86. The molecule has 3 aromatic rings. The van der Waals surface area contributed by atoms with Gasteiger partial charge in [-0.15, -0.1) is 0 Å². The zero-order valence-electron chi connectivity index (χ0n) is 15.3. The first-order chi connectivity index (χ1) is 14.2. The number of ether oxygens (including phenoxy) is 1. The van der Waals surface area contributed by atoms with Gasteiger partial charge in [0.05, 0.1) is 5.69 Å². The smallest absolute Gasteiger partial charge is 0.422 e. The summed E-state index contributed by atoms with van der Waals surface area (Å²) in [6.07, 6.45) is -4.45. The van der Waals surface area contributed by atoms with Crippen LogP contribution in [0.15, 0.2) is 65.5 Å². The Balaban J connectivity index is 1.69. The van der Waals surface area contributed by atoms with Crippen molar-refractivity contribution in [3.63, 3.8) is 0 Å². The number of amides is 1. The number of nitrogens with one attached hydrogen (secondary N) is 1.